The van der Waals surface area contributed by atoms with Crippen LogP contribution in [0.5, 0.6) is 17.2 Å². The predicted octanol–water partition coefficient (Wildman–Crippen LogP) is 3.63. The van der Waals surface area contributed by atoms with Gasteiger partial charge in [-0.25, -0.2) is 4.39 Å². The molecule has 0 aliphatic rings. The molecule has 8 nitrogen and oxygen atoms in total. The molecule has 10 heteroatoms. The molecule has 29 heavy (non-hydrogen) atoms. The molecule has 0 radical (unpaired) electrons. The number of aromatic nitrogens is 2. The van der Waals surface area contributed by atoms with Gasteiger partial charge in [-0.2, -0.15) is 0 Å². The third-order valence-corrected chi connectivity index (χ3v) is 4.60. The van der Waals surface area contributed by atoms with Crippen LogP contribution in [-0.2, 0) is 4.79 Å². The second-order valence-corrected chi connectivity index (χ2v) is 6.53. The predicted molar refractivity (Wildman–Crippen MR) is 105 cm³/mol. The van der Waals surface area contributed by atoms with Gasteiger partial charge in [-0.15, -0.1) is 10.2 Å². The number of carbonyl (C=O) groups excluding carboxylic acids is 1. The molecular formula is C19H18FN3O5S. The van der Waals surface area contributed by atoms with Gasteiger partial charge in [0, 0.05) is 17.8 Å². The van der Waals surface area contributed by atoms with Gasteiger partial charge in [0.15, 0.2) is 11.5 Å². The standard InChI is InChI=1S/C19H18FN3O5S/c1-25-14-8-11(9-15(26-2)17(14)27-3)21-16(24)10-29-19-23-22-18(28-19)12-6-4-5-7-13(12)20/h4-9H,10H2,1-3H3,(H,21,24). The SMILES string of the molecule is COc1cc(NC(=O)CSc2nnc(-c3ccccc3F)o2)cc(OC)c1OC. The van der Waals surface area contributed by atoms with E-state index in [1.54, 1.807) is 24.3 Å². The lowest BCUT2D eigenvalue weighted by molar-refractivity contribution is -0.113. The van der Waals surface area contributed by atoms with Crippen molar-refractivity contribution in [2.24, 2.45) is 0 Å². The number of anilines is 1. The Hall–Kier alpha value is -3.27. The highest BCUT2D eigenvalue weighted by Gasteiger charge is 2.16. The molecular weight excluding hydrogens is 401 g/mol. The van der Waals surface area contributed by atoms with Crippen LogP contribution in [0.3, 0.4) is 0 Å². The van der Waals surface area contributed by atoms with E-state index >= 15 is 0 Å². The summed E-state index contributed by atoms with van der Waals surface area (Å²) in [6.45, 7) is 0. The van der Waals surface area contributed by atoms with Crippen LogP contribution in [0.4, 0.5) is 10.1 Å². The summed E-state index contributed by atoms with van der Waals surface area (Å²) >= 11 is 1.03. The molecule has 1 N–H and O–H groups in total. The van der Waals surface area contributed by atoms with Crippen molar-refractivity contribution in [2.75, 3.05) is 32.4 Å². The average molecular weight is 419 g/mol. The molecule has 1 amide bonds. The van der Waals surface area contributed by atoms with E-state index in [0.717, 1.165) is 11.8 Å². The Labute approximate surface area is 170 Å². The van der Waals surface area contributed by atoms with Crippen LogP contribution < -0.4 is 19.5 Å². The Morgan fingerprint density at radius 1 is 1.10 bits per heavy atom. The Bertz CT molecular complexity index is 986. The molecule has 152 valence electrons. The van der Waals surface area contributed by atoms with E-state index in [9.17, 15) is 9.18 Å². The molecule has 0 saturated heterocycles. The van der Waals surface area contributed by atoms with E-state index in [2.05, 4.69) is 15.5 Å². The molecule has 3 aromatic rings. The number of rotatable bonds is 8. The summed E-state index contributed by atoms with van der Waals surface area (Å²) in [5, 5.41) is 10.5. The summed E-state index contributed by atoms with van der Waals surface area (Å²) in [4.78, 5) is 12.3. The van der Waals surface area contributed by atoms with Gasteiger partial charge in [-0.3, -0.25) is 4.79 Å². The lowest BCUT2D eigenvalue weighted by atomic mass is 10.2. The smallest absolute Gasteiger partial charge is 0.277 e. The maximum atomic E-state index is 13.8. The Morgan fingerprint density at radius 3 is 2.41 bits per heavy atom. The van der Waals surface area contributed by atoms with Gasteiger partial charge in [0.2, 0.25) is 11.7 Å². The van der Waals surface area contributed by atoms with Gasteiger partial charge in [0.25, 0.3) is 11.1 Å². The minimum absolute atomic E-state index is 0.00949. The number of nitrogens with one attached hydrogen (secondary N) is 1. The molecule has 3 rings (SSSR count). The maximum absolute atomic E-state index is 13.8. The van der Waals surface area contributed by atoms with Crippen LogP contribution in [0.2, 0.25) is 0 Å². The fraction of sp³-hybridized carbons (Fsp3) is 0.211. The quantitative estimate of drug-likeness (QED) is 0.553. The zero-order valence-corrected chi connectivity index (χ0v) is 16.7. The van der Waals surface area contributed by atoms with Crippen molar-refractivity contribution in [2.45, 2.75) is 5.22 Å². The number of carbonyl (C=O) groups is 1. The van der Waals surface area contributed by atoms with Crippen LogP contribution in [0.25, 0.3) is 11.5 Å². The number of benzene rings is 2. The first-order chi connectivity index (χ1) is 14.0. The summed E-state index contributed by atoms with van der Waals surface area (Å²) in [5.74, 6) is 0.546. The molecule has 2 aromatic carbocycles. The number of nitrogens with zero attached hydrogens (tertiary/aromatic N) is 2. The van der Waals surface area contributed by atoms with Gasteiger partial charge < -0.3 is 23.9 Å². The molecule has 0 atom stereocenters. The summed E-state index contributed by atoms with van der Waals surface area (Å²) in [6.07, 6.45) is 0. The number of amides is 1. The third-order valence-electron chi connectivity index (χ3n) is 3.79. The minimum Gasteiger partial charge on any atom is -0.493 e. The summed E-state index contributed by atoms with van der Waals surface area (Å²) in [6, 6.07) is 9.31. The van der Waals surface area contributed by atoms with Gasteiger partial charge >= 0.3 is 0 Å². The van der Waals surface area contributed by atoms with E-state index in [1.807, 2.05) is 0 Å². The van der Waals surface area contributed by atoms with Crippen LogP contribution >= 0.6 is 11.8 Å². The lowest BCUT2D eigenvalue weighted by Crippen LogP contribution is -2.14. The number of hydrogen-bond acceptors (Lipinski definition) is 8. The highest BCUT2D eigenvalue weighted by molar-refractivity contribution is 7.99. The molecule has 0 saturated carbocycles. The normalized spacial score (nSPS) is 10.5. The number of methoxy groups -OCH3 is 3. The van der Waals surface area contributed by atoms with E-state index in [-0.39, 0.29) is 28.3 Å². The highest BCUT2D eigenvalue weighted by atomic mass is 32.2. The Balaban J connectivity index is 1.64. The number of halogens is 1. The molecule has 0 spiro atoms. The van der Waals surface area contributed by atoms with Crippen molar-refractivity contribution in [1.82, 2.24) is 10.2 Å². The minimum atomic E-state index is -0.465. The van der Waals surface area contributed by atoms with Crippen molar-refractivity contribution in [1.29, 1.82) is 0 Å². The number of hydrogen-bond donors (Lipinski definition) is 1. The largest absolute Gasteiger partial charge is 0.493 e. The molecule has 0 unspecified atom stereocenters. The topological polar surface area (TPSA) is 95.7 Å². The fourth-order valence-electron chi connectivity index (χ4n) is 2.49. The van der Waals surface area contributed by atoms with Crippen LogP contribution in [0.15, 0.2) is 46.0 Å². The Morgan fingerprint density at radius 2 is 1.79 bits per heavy atom. The molecule has 1 heterocycles. The second kappa shape index (κ2) is 9.28. The van der Waals surface area contributed by atoms with Crippen molar-refractivity contribution >= 4 is 23.4 Å². The first-order valence-electron chi connectivity index (χ1n) is 8.36. The van der Waals surface area contributed by atoms with E-state index in [4.69, 9.17) is 18.6 Å². The fourth-order valence-corrected chi connectivity index (χ4v) is 3.05. The molecule has 0 aliphatic heterocycles. The monoisotopic (exact) mass is 419 g/mol. The third kappa shape index (κ3) is 4.77. The van der Waals surface area contributed by atoms with Crippen molar-refractivity contribution < 1.29 is 27.8 Å². The molecule has 0 fully saturated rings. The summed E-state index contributed by atoms with van der Waals surface area (Å²) in [5.41, 5.74) is 0.677. The molecule has 0 aliphatic carbocycles. The molecule has 0 bridgehead atoms. The second-order valence-electron chi connectivity index (χ2n) is 5.60. The first-order valence-corrected chi connectivity index (χ1v) is 9.35. The maximum Gasteiger partial charge on any atom is 0.277 e. The Kier molecular flexibility index (Phi) is 6.55. The van der Waals surface area contributed by atoms with Crippen LogP contribution in [0.1, 0.15) is 0 Å². The van der Waals surface area contributed by atoms with E-state index in [1.165, 1.54) is 33.5 Å². The van der Waals surface area contributed by atoms with Crippen LogP contribution in [-0.4, -0.2) is 43.2 Å². The summed E-state index contributed by atoms with van der Waals surface area (Å²) in [7, 11) is 4.47. The van der Waals surface area contributed by atoms with Gasteiger partial charge in [0.05, 0.1) is 32.6 Å². The van der Waals surface area contributed by atoms with Gasteiger partial charge in [-0.05, 0) is 12.1 Å². The lowest BCUT2D eigenvalue weighted by Gasteiger charge is -2.14. The van der Waals surface area contributed by atoms with Crippen molar-refractivity contribution in [3.8, 4) is 28.7 Å². The van der Waals surface area contributed by atoms with Crippen molar-refractivity contribution in [3.63, 3.8) is 0 Å². The zero-order chi connectivity index (χ0) is 20.8. The van der Waals surface area contributed by atoms with Crippen LogP contribution in [0, 0.1) is 5.82 Å². The number of ether oxygens (including phenoxy) is 3. The summed E-state index contributed by atoms with van der Waals surface area (Å²) < 4.78 is 35.0. The van der Waals surface area contributed by atoms with Crippen molar-refractivity contribution in [3.05, 3.63) is 42.2 Å². The van der Waals surface area contributed by atoms with E-state index in [0.29, 0.717) is 22.9 Å². The van der Waals surface area contributed by atoms with Gasteiger partial charge in [-0.1, -0.05) is 23.9 Å². The van der Waals surface area contributed by atoms with E-state index < -0.39 is 5.82 Å². The average Bonchev–Trinajstić information content (AvgIpc) is 3.20. The zero-order valence-electron chi connectivity index (χ0n) is 15.9. The first kappa shape index (κ1) is 20.5. The molecule has 1 aromatic heterocycles. The number of thioether (sulfide) groups is 1. The highest BCUT2D eigenvalue weighted by Crippen LogP contribution is 2.40. The van der Waals surface area contributed by atoms with Gasteiger partial charge in [0.1, 0.15) is 5.82 Å².